The Kier molecular flexibility index (Phi) is 4.33. The molecule has 0 atom stereocenters. The van der Waals surface area contributed by atoms with Crippen LogP contribution in [0.3, 0.4) is 0 Å². The number of nitrogens with one attached hydrogen (secondary N) is 1. The third-order valence-electron chi connectivity index (χ3n) is 4.98. The molecule has 5 rings (SSSR count). The second kappa shape index (κ2) is 7.28. The molecule has 0 unspecified atom stereocenters. The highest BCUT2D eigenvalue weighted by atomic mass is 16.6. The summed E-state index contributed by atoms with van der Waals surface area (Å²) in [4.78, 5) is 12.5. The molecule has 4 aromatic carbocycles. The van der Waals surface area contributed by atoms with Crippen molar-refractivity contribution in [2.75, 3.05) is 13.2 Å². The summed E-state index contributed by atoms with van der Waals surface area (Å²) in [5.41, 5.74) is 4.06. The van der Waals surface area contributed by atoms with Gasteiger partial charge in [-0.3, -0.25) is 4.79 Å². The van der Waals surface area contributed by atoms with E-state index in [1.807, 2.05) is 24.3 Å². The second-order valence-electron chi connectivity index (χ2n) is 6.79. The number of carbonyl (C=O) groups is 1. The molecule has 1 aliphatic heterocycles. The first-order valence-corrected chi connectivity index (χ1v) is 9.43. The van der Waals surface area contributed by atoms with Crippen LogP contribution in [0, 0.1) is 0 Å². The lowest BCUT2D eigenvalue weighted by atomic mass is 9.97. The first-order valence-electron chi connectivity index (χ1n) is 9.43. The summed E-state index contributed by atoms with van der Waals surface area (Å²) < 4.78 is 11.0. The van der Waals surface area contributed by atoms with Crippen LogP contribution >= 0.6 is 0 Å². The van der Waals surface area contributed by atoms with Gasteiger partial charge in [-0.25, -0.2) is 5.43 Å². The molecule has 142 valence electrons. The summed E-state index contributed by atoms with van der Waals surface area (Å²) in [6.07, 6.45) is 1.71. The van der Waals surface area contributed by atoms with Crippen LogP contribution in [0.25, 0.3) is 21.5 Å². The summed E-state index contributed by atoms with van der Waals surface area (Å²) in [6, 6.07) is 23.6. The Morgan fingerprint density at radius 1 is 0.828 bits per heavy atom. The van der Waals surface area contributed by atoms with Crippen molar-refractivity contribution in [3.63, 3.8) is 0 Å². The van der Waals surface area contributed by atoms with Crippen molar-refractivity contribution in [3.05, 3.63) is 83.9 Å². The molecule has 1 amide bonds. The van der Waals surface area contributed by atoms with Crippen LogP contribution in [-0.2, 0) is 0 Å². The molecule has 0 saturated carbocycles. The minimum Gasteiger partial charge on any atom is -0.486 e. The minimum atomic E-state index is -0.303. The number of hydrazone groups is 1. The van der Waals surface area contributed by atoms with Crippen molar-refractivity contribution >= 4 is 33.7 Å². The molecule has 0 saturated heterocycles. The molecule has 0 aliphatic carbocycles. The first kappa shape index (κ1) is 17.3. The van der Waals surface area contributed by atoms with E-state index in [0.717, 1.165) is 27.1 Å². The quantitative estimate of drug-likeness (QED) is 0.322. The Morgan fingerprint density at radius 3 is 2.21 bits per heavy atom. The number of hydrogen-bond donors (Lipinski definition) is 1. The van der Waals surface area contributed by atoms with E-state index < -0.39 is 0 Å². The molecule has 0 aromatic heterocycles. The van der Waals surface area contributed by atoms with Crippen molar-refractivity contribution < 1.29 is 14.3 Å². The molecule has 29 heavy (non-hydrogen) atoms. The highest BCUT2D eigenvalue weighted by molar-refractivity contribution is 6.13. The third-order valence-corrected chi connectivity index (χ3v) is 4.98. The fraction of sp³-hybridized carbons (Fsp3) is 0.0833. The van der Waals surface area contributed by atoms with Crippen LogP contribution in [0.2, 0.25) is 0 Å². The van der Waals surface area contributed by atoms with Crippen LogP contribution in [0.1, 0.15) is 15.9 Å². The third kappa shape index (κ3) is 3.27. The molecule has 0 bridgehead atoms. The molecule has 5 nitrogen and oxygen atoms in total. The van der Waals surface area contributed by atoms with E-state index in [0.29, 0.717) is 30.3 Å². The number of hydrogen-bond acceptors (Lipinski definition) is 4. The van der Waals surface area contributed by atoms with Gasteiger partial charge in [-0.2, -0.15) is 5.10 Å². The molecule has 1 heterocycles. The van der Waals surface area contributed by atoms with Gasteiger partial charge in [0.05, 0.1) is 6.21 Å². The van der Waals surface area contributed by atoms with Crippen molar-refractivity contribution in [2.45, 2.75) is 0 Å². The van der Waals surface area contributed by atoms with E-state index in [1.54, 1.807) is 24.4 Å². The predicted molar refractivity (Wildman–Crippen MR) is 114 cm³/mol. The molecule has 1 N–H and O–H groups in total. The Morgan fingerprint density at radius 2 is 1.48 bits per heavy atom. The fourth-order valence-corrected chi connectivity index (χ4v) is 3.59. The van der Waals surface area contributed by atoms with Crippen LogP contribution in [0.15, 0.2) is 77.9 Å². The van der Waals surface area contributed by atoms with E-state index in [4.69, 9.17) is 9.47 Å². The van der Waals surface area contributed by atoms with Gasteiger partial charge in [-0.1, -0.05) is 48.5 Å². The number of fused-ring (bicyclic) bond motifs is 3. The monoisotopic (exact) mass is 382 g/mol. The smallest absolute Gasteiger partial charge is 0.271 e. The highest BCUT2D eigenvalue weighted by Gasteiger charge is 2.14. The SMILES string of the molecule is O=C(NN=Cc1c2ccccc2cc2ccccc12)c1ccc2c(c1)OCCO2. The maximum absolute atomic E-state index is 12.5. The average Bonchev–Trinajstić information content (AvgIpc) is 2.78. The predicted octanol–water partition coefficient (Wildman–Crippen LogP) is 4.53. The molecule has 0 fully saturated rings. The van der Waals surface area contributed by atoms with Gasteiger partial charge in [0.15, 0.2) is 11.5 Å². The zero-order chi connectivity index (χ0) is 19.6. The van der Waals surface area contributed by atoms with Crippen molar-refractivity contribution in [1.29, 1.82) is 0 Å². The van der Waals surface area contributed by atoms with Crippen molar-refractivity contribution in [1.82, 2.24) is 5.43 Å². The molecule has 0 spiro atoms. The number of benzene rings is 4. The summed E-state index contributed by atoms with van der Waals surface area (Å²) in [5.74, 6) is 0.925. The molecule has 4 aromatic rings. The lowest BCUT2D eigenvalue weighted by molar-refractivity contribution is 0.0954. The summed E-state index contributed by atoms with van der Waals surface area (Å²) in [7, 11) is 0. The van der Waals surface area contributed by atoms with Gasteiger partial charge in [0.1, 0.15) is 13.2 Å². The van der Waals surface area contributed by atoms with Gasteiger partial charge >= 0.3 is 0 Å². The van der Waals surface area contributed by atoms with Gasteiger partial charge in [-0.05, 0) is 45.8 Å². The minimum absolute atomic E-state index is 0.303. The lowest BCUT2D eigenvalue weighted by Gasteiger charge is -2.18. The Bertz CT molecular complexity index is 1210. The van der Waals surface area contributed by atoms with E-state index in [2.05, 4.69) is 40.9 Å². The maximum Gasteiger partial charge on any atom is 0.271 e. The Labute approximate surface area is 167 Å². The first-order chi connectivity index (χ1) is 14.3. The largest absolute Gasteiger partial charge is 0.486 e. The van der Waals surface area contributed by atoms with Gasteiger partial charge in [0.25, 0.3) is 5.91 Å². The fourth-order valence-electron chi connectivity index (χ4n) is 3.59. The molecule has 1 aliphatic rings. The Balaban J connectivity index is 1.45. The van der Waals surface area contributed by atoms with Gasteiger partial charge in [0, 0.05) is 11.1 Å². The van der Waals surface area contributed by atoms with Crippen LogP contribution < -0.4 is 14.9 Å². The summed E-state index contributed by atoms with van der Waals surface area (Å²) in [5, 5.41) is 8.67. The van der Waals surface area contributed by atoms with Crippen LogP contribution in [0.5, 0.6) is 11.5 Å². The van der Waals surface area contributed by atoms with Gasteiger partial charge < -0.3 is 9.47 Å². The number of nitrogens with zero attached hydrogens (tertiary/aromatic N) is 1. The van der Waals surface area contributed by atoms with E-state index in [9.17, 15) is 4.79 Å². The van der Waals surface area contributed by atoms with E-state index >= 15 is 0 Å². The normalized spacial score (nSPS) is 13.1. The standard InChI is InChI=1S/C24H18N2O3/c27-24(18-9-10-22-23(14-18)29-12-11-28-22)26-25-15-21-19-7-3-1-5-16(19)13-17-6-2-4-8-20(17)21/h1-10,13-15H,11-12H2,(H,26,27). The number of rotatable bonds is 3. The Hall–Kier alpha value is -3.86. The molecular formula is C24H18N2O3. The molecular weight excluding hydrogens is 364 g/mol. The van der Waals surface area contributed by atoms with Crippen LogP contribution in [-0.4, -0.2) is 25.3 Å². The van der Waals surface area contributed by atoms with Gasteiger partial charge in [0.2, 0.25) is 0 Å². The number of amides is 1. The van der Waals surface area contributed by atoms with E-state index in [1.165, 1.54) is 0 Å². The van der Waals surface area contributed by atoms with Crippen molar-refractivity contribution in [3.8, 4) is 11.5 Å². The zero-order valence-corrected chi connectivity index (χ0v) is 15.6. The highest BCUT2D eigenvalue weighted by Crippen LogP contribution is 2.31. The zero-order valence-electron chi connectivity index (χ0n) is 15.6. The topological polar surface area (TPSA) is 59.9 Å². The average molecular weight is 382 g/mol. The van der Waals surface area contributed by atoms with Crippen molar-refractivity contribution in [2.24, 2.45) is 5.10 Å². The molecule has 5 heteroatoms. The van der Waals surface area contributed by atoms with Gasteiger partial charge in [-0.15, -0.1) is 0 Å². The summed E-state index contributed by atoms with van der Waals surface area (Å²) >= 11 is 0. The lowest BCUT2D eigenvalue weighted by Crippen LogP contribution is -2.19. The summed E-state index contributed by atoms with van der Waals surface area (Å²) in [6.45, 7) is 0.992. The van der Waals surface area contributed by atoms with Crippen LogP contribution in [0.4, 0.5) is 0 Å². The number of carbonyl (C=O) groups excluding carboxylic acids is 1. The maximum atomic E-state index is 12.5. The van der Waals surface area contributed by atoms with E-state index in [-0.39, 0.29) is 5.91 Å². The number of ether oxygens (including phenoxy) is 2. The molecule has 0 radical (unpaired) electrons. The second-order valence-corrected chi connectivity index (χ2v) is 6.79.